The average molecular weight is 609 g/mol. The summed E-state index contributed by atoms with van der Waals surface area (Å²) in [5.74, 6) is 1.31. The van der Waals surface area contributed by atoms with E-state index in [4.69, 9.17) is 9.97 Å². The van der Waals surface area contributed by atoms with Gasteiger partial charge in [-0.25, -0.2) is 4.98 Å². The largest absolute Gasteiger partial charge is 0.573 e. The molecule has 3 aromatic carbocycles. The molecular formula is C30H34Cl2F3N5O. The first-order valence-corrected chi connectivity index (χ1v) is 13.1. The molecule has 1 aliphatic carbocycles. The molecule has 11 heteroatoms. The molecule has 1 aromatic heterocycles. The van der Waals surface area contributed by atoms with E-state index in [1.165, 1.54) is 6.07 Å². The van der Waals surface area contributed by atoms with Gasteiger partial charge in [0.2, 0.25) is 5.95 Å². The zero-order valence-corrected chi connectivity index (χ0v) is 24.5. The minimum atomic E-state index is -4.76. The maximum Gasteiger partial charge on any atom is 0.573 e. The van der Waals surface area contributed by atoms with Crippen LogP contribution in [0.1, 0.15) is 31.2 Å². The Bertz CT molecular complexity index is 1410. The van der Waals surface area contributed by atoms with E-state index in [1.807, 2.05) is 79.7 Å². The van der Waals surface area contributed by atoms with Crippen LogP contribution in [0.4, 0.5) is 24.9 Å². The van der Waals surface area contributed by atoms with Crippen LogP contribution in [-0.4, -0.2) is 42.5 Å². The number of anilines is 2. The van der Waals surface area contributed by atoms with E-state index in [1.54, 1.807) is 6.07 Å². The highest BCUT2D eigenvalue weighted by Gasteiger charge is 2.32. The van der Waals surface area contributed by atoms with Gasteiger partial charge in [0.15, 0.2) is 0 Å². The van der Waals surface area contributed by atoms with E-state index in [0.717, 1.165) is 48.0 Å². The third-order valence-electron chi connectivity index (χ3n) is 7.05. The Kier molecular flexibility index (Phi) is 11.1. The molecule has 1 fully saturated rings. The number of alkyl halides is 3. The first-order chi connectivity index (χ1) is 18.7. The highest BCUT2D eigenvalue weighted by atomic mass is 35.5. The van der Waals surface area contributed by atoms with Crippen molar-refractivity contribution in [2.24, 2.45) is 0 Å². The number of hydrogen-bond acceptors (Lipinski definition) is 6. The second kappa shape index (κ2) is 14.1. The van der Waals surface area contributed by atoms with Crippen molar-refractivity contribution < 1.29 is 17.9 Å². The molecule has 0 spiro atoms. The lowest BCUT2D eigenvalue weighted by Crippen LogP contribution is -2.37. The quantitative estimate of drug-likeness (QED) is 0.215. The first kappa shape index (κ1) is 32.2. The Balaban J connectivity index is 0.00000231. The molecule has 1 saturated carbocycles. The minimum Gasteiger partial charge on any atom is -0.405 e. The zero-order valence-electron chi connectivity index (χ0n) is 22.8. The molecule has 0 amide bonds. The van der Waals surface area contributed by atoms with Crippen molar-refractivity contribution in [2.75, 3.05) is 24.3 Å². The molecule has 0 atom stereocenters. The molecule has 0 saturated heterocycles. The number of nitrogens with zero attached hydrogens (tertiary/aromatic N) is 3. The molecule has 0 unspecified atom stereocenters. The zero-order chi connectivity index (χ0) is 27.4. The fourth-order valence-corrected chi connectivity index (χ4v) is 5.07. The minimum absolute atomic E-state index is 0. The normalized spacial score (nSPS) is 16.8. The summed E-state index contributed by atoms with van der Waals surface area (Å²) in [7, 11) is 3.94. The molecule has 6 nitrogen and oxygen atoms in total. The van der Waals surface area contributed by atoms with Crippen LogP contribution in [0.2, 0.25) is 0 Å². The number of benzene rings is 3. The number of nitrogens with one attached hydrogen (secondary N) is 2. The predicted molar refractivity (Wildman–Crippen MR) is 163 cm³/mol. The van der Waals surface area contributed by atoms with Crippen LogP contribution in [0.15, 0.2) is 72.8 Å². The Morgan fingerprint density at radius 1 is 0.829 bits per heavy atom. The van der Waals surface area contributed by atoms with E-state index >= 15 is 0 Å². The molecule has 2 N–H and O–H groups in total. The SMILES string of the molecule is CN(C)c1nc(NC2CCC(NCc3ccc(-c4ccccc4)cc3OC(F)(F)F)CC2)nc2ccccc12.Cl.Cl. The molecule has 0 radical (unpaired) electrons. The van der Waals surface area contributed by atoms with E-state index in [-0.39, 0.29) is 42.6 Å². The van der Waals surface area contributed by atoms with Crippen LogP contribution in [-0.2, 0) is 6.54 Å². The first-order valence-electron chi connectivity index (χ1n) is 13.1. The standard InChI is InChI=1S/C30H32F3N5O.2ClH/c1-38(2)28-25-10-6-7-11-26(25)36-29(37-28)35-24-16-14-23(15-17-24)34-19-22-13-12-21(20-8-4-3-5-9-20)18-27(22)39-30(31,32)33;;/h3-13,18,23-24,34H,14-17,19H2,1-2H3,(H,35,36,37);2*1H. The number of hydrogen-bond donors (Lipinski definition) is 2. The van der Waals surface area contributed by atoms with Crippen molar-refractivity contribution in [3.8, 4) is 16.9 Å². The van der Waals surface area contributed by atoms with Gasteiger partial charge >= 0.3 is 6.36 Å². The molecular weight excluding hydrogens is 574 g/mol. The molecule has 0 bridgehead atoms. The van der Waals surface area contributed by atoms with Gasteiger partial charge < -0.3 is 20.3 Å². The Morgan fingerprint density at radius 2 is 1.49 bits per heavy atom. The number of rotatable bonds is 8. The van der Waals surface area contributed by atoms with E-state index in [2.05, 4.69) is 15.4 Å². The van der Waals surface area contributed by atoms with Gasteiger partial charge in [0.05, 0.1) is 5.52 Å². The summed E-state index contributed by atoms with van der Waals surface area (Å²) in [6.07, 6.45) is -1.16. The molecule has 41 heavy (non-hydrogen) atoms. The summed E-state index contributed by atoms with van der Waals surface area (Å²) < 4.78 is 43.9. The third-order valence-corrected chi connectivity index (χ3v) is 7.05. The Morgan fingerprint density at radius 3 is 2.17 bits per heavy atom. The number of ether oxygens (including phenoxy) is 1. The van der Waals surface area contributed by atoms with Crippen LogP contribution in [0.25, 0.3) is 22.0 Å². The highest BCUT2D eigenvalue weighted by Crippen LogP contribution is 2.32. The number of aromatic nitrogens is 2. The molecule has 0 aliphatic heterocycles. The summed E-state index contributed by atoms with van der Waals surface area (Å²) in [4.78, 5) is 11.4. The molecule has 1 heterocycles. The average Bonchev–Trinajstić information content (AvgIpc) is 2.92. The lowest BCUT2D eigenvalue weighted by atomic mass is 9.91. The lowest BCUT2D eigenvalue weighted by Gasteiger charge is -2.30. The Labute approximate surface area is 250 Å². The maximum absolute atomic E-state index is 13.2. The molecule has 1 aliphatic rings. The van der Waals surface area contributed by atoms with Crippen molar-refractivity contribution in [2.45, 2.75) is 50.7 Å². The van der Waals surface area contributed by atoms with Crippen molar-refractivity contribution in [3.05, 3.63) is 78.4 Å². The predicted octanol–water partition coefficient (Wildman–Crippen LogP) is 7.62. The van der Waals surface area contributed by atoms with E-state index in [9.17, 15) is 13.2 Å². The van der Waals surface area contributed by atoms with Gasteiger partial charge in [-0.3, -0.25) is 0 Å². The van der Waals surface area contributed by atoms with Crippen LogP contribution in [0.5, 0.6) is 5.75 Å². The summed E-state index contributed by atoms with van der Waals surface area (Å²) in [6, 6.07) is 22.7. The van der Waals surface area contributed by atoms with Crippen LogP contribution in [0.3, 0.4) is 0 Å². The van der Waals surface area contributed by atoms with Crippen LogP contribution in [0, 0.1) is 0 Å². The highest BCUT2D eigenvalue weighted by molar-refractivity contribution is 5.90. The van der Waals surface area contributed by atoms with Crippen molar-refractivity contribution in [1.82, 2.24) is 15.3 Å². The van der Waals surface area contributed by atoms with Crippen molar-refractivity contribution in [3.63, 3.8) is 0 Å². The van der Waals surface area contributed by atoms with Gasteiger partial charge in [-0.15, -0.1) is 38.0 Å². The van der Waals surface area contributed by atoms with Crippen molar-refractivity contribution >= 4 is 47.5 Å². The van der Waals surface area contributed by atoms with Crippen LogP contribution >= 0.6 is 24.8 Å². The van der Waals surface area contributed by atoms with Gasteiger partial charge in [-0.05, 0) is 55.0 Å². The lowest BCUT2D eigenvalue weighted by molar-refractivity contribution is -0.274. The monoisotopic (exact) mass is 607 g/mol. The van der Waals surface area contributed by atoms with Gasteiger partial charge in [-0.2, -0.15) is 4.98 Å². The number of fused-ring (bicyclic) bond motifs is 1. The summed E-state index contributed by atoms with van der Waals surface area (Å²) >= 11 is 0. The van der Waals surface area contributed by atoms with Gasteiger partial charge in [0.25, 0.3) is 0 Å². The van der Waals surface area contributed by atoms with Crippen LogP contribution < -0.4 is 20.3 Å². The van der Waals surface area contributed by atoms with Crippen molar-refractivity contribution in [1.29, 1.82) is 0 Å². The second-order valence-corrected chi connectivity index (χ2v) is 10.1. The van der Waals surface area contributed by atoms with E-state index in [0.29, 0.717) is 23.6 Å². The molecule has 5 rings (SSSR count). The smallest absolute Gasteiger partial charge is 0.405 e. The second-order valence-electron chi connectivity index (χ2n) is 10.1. The topological polar surface area (TPSA) is 62.3 Å². The third kappa shape index (κ3) is 8.38. The number of para-hydroxylation sites is 1. The Hall–Kier alpha value is -3.27. The summed E-state index contributed by atoms with van der Waals surface area (Å²) in [5.41, 5.74) is 2.89. The number of halogens is 5. The summed E-state index contributed by atoms with van der Waals surface area (Å²) in [6.45, 7) is 0.295. The fraction of sp³-hybridized carbons (Fsp3) is 0.333. The van der Waals surface area contributed by atoms with E-state index < -0.39 is 6.36 Å². The molecule has 4 aromatic rings. The maximum atomic E-state index is 13.2. The van der Waals surface area contributed by atoms with Gasteiger partial charge in [0.1, 0.15) is 11.6 Å². The fourth-order valence-electron chi connectivity index (χ4n) is 5.07. The van der Waals surface area contributed by atoms with Gasteiger partial charge in [0, 0.05) is 43.7 Å². The van der Waals surface area contributed by atoms with Gasteiger partial charge in [-0.1, -0.05) is 54.6 Å². The summed E-state index contributed by atoms with van der Waals surface area (Å²) in [5, 5.41) is 7.95. The molecule has 220 valence electrons.